The second-order valence-electron chi connectivity index (χ2n) is 6.18. The summed E-state index contributed by atoms with van der Waals surface area (Å²) in [5.41, 5.74) is 3.63. The van der Waals surface area contributed by atoms with Crippen molar-refractivity contribution in [1.82, 2.24) is 0 Å². The molecule has 23 heavy (non-hydrogen) atoms. The van der Waals surface area contributed by atoms with Crippen LogP contribution in [0.3, 0.4) is 0 Å². The van der Waals surface area contributed by atoms with Crippen LogP contribution in [0.2, 0.25) is 0 Å². The number of thiophene rings is 1. The number of hydrogen-bond acceptors (Lipinski definition) is 3. The van der Waals surface area contributed by atoms with E-state index in [9.17, 15) is 9.59 Å². The van der Waals surface area contributed by atoms with Gasteiger partial charge in [-0.3, -0.25) is 9.59 Å². The van der Waals surface area contributed by atoms with Crippen LogP contribution in [0.15, 0.2) is 35.0 Å². The van der Waals surface area contributed by atoms with E-state index in [1.165, 1.54) is 11.3 Å². The van der Waals surface area contributed by atoms with Crippen molar-refractivity contribution >= 4 is 34.5 Å². The van der Waals surface area contributed by atoms with Gasteiger partial charge in [0.1, 0.15) is 0 Å². The molecular weight excluding hydrogens is 308 g/mol. The van der Waals surface area contributed by atoms with Gasteiger partial charge in [-0.15, -0.1) is 0 Å². The SMILES string of the molecule is O=C(Nc1ccc2c(c1)CCCN2C(=O)C1CC1)c1ccsc1. The number of benzene rings is 1. The molecule has 0 saturated heterocycles. The molecule has 2 aromatic rings. The lowest BCUT2D eigenvalue weighted by Crippen LogP contribution is -2.36. The highest BCUT2D eigenvalue weighted by atomic mass is 32.1. The van der Waals surface area contributed by atoms with Crippen molar-refractivity contribution in [1.29, 1.82) is 0 Å². The molecule has 1 aromatic heterocycles. The largest absolute Gasteiger partial charge is 0.322 e. The lowest BCUT2D eigenvalue weighted by atomic mass is 10.0. The minimum absolute atomic E-state index is 0.0899. The second-order valence-corrected chi connectivity index (χ2v) is 6.96. The van der Waals surface area contributed by atoms with Crippen LogP contribution in [0, 0.1) is 5.92 Å². The summed E-state index contributed by atoms with van der Waals surface area (Å²) >= 11 is 1.51. The quantitative estimate of drug-likeness (QED) is 0.935. The van der Waals surface area contributed by atoms with Gasteiger partial charge in [0.05, 0.1) is 5.56 Å². The van der Waals surface area contributed by atoms with E-state index in [0.29, 0.717) is 5.56 Å². The van der Waals surface area contributed by atoms with Gasteiger partial charge in [0.2, 0.25) is 5.91 Å². The third-order valence-electron chi connectivity index (χ3n) is 4.43. The smallest absolute Gasteiger partial charge is 0.256 e. The number of aryl methyl sites for hydroxylation is 1. The third-order valence-corrected chi connectivity index (χ3v) is 5.12. The normalized spacial score (nSPS) is 16.8. The number of hydrogen-bond donors (Lipinski definition) is 1. The number of amides is 2. The minimum Gasteiger partial charge on any atom is -0.322 e. The second kappa shape index (κ2) is 5.81. The maximum Gasteiger partial charge on any atom is 0.256 e. The van der Waals surface area contributed by atoms with Gasteiger partial charge in [-0.2, -0.15) is 11.3 Å². The number of carbonyl (C=O) groups is 2. The summed E-state index contributed by atoms with van der Waals surface area (Å²) in [5.74, 6) is 0.410. The van der Waals surface area contributed by atoms with Gasteiger partial charge < -0.3 is 10.2 Å². The first kappa shape index (κ1) is 14.5. The maximum atomic E-state index is 12.4. The van der Waals surface area contributed by atoms with Crippen LogP contribution in [-0.4, -0.2) is 18.4 Å². The maximum absolute atomic E-state index is 12.4. The number of fused-ring (bicyclic) bond motifs is 1. The lowest BCUT2D eigenvalue weighted by molar-refractivity contribution is -0.119. The predicted octanol–water partition coefficient (Wildman–Crippen LogP) is 3.69. The van der Waals surface area contributed by atoms with Gasteiger partial charge in [-0.05, 0) is 60.9 Å². The first-order valence-electron chi connectivity index (χ1n) is 8.00. The van der Waals surface area contributed by atoms with E-state index in [0.717, 1.165) is 49.2 Å². The topological polar surface area (TPSA) is 49.4 Å². The van der Waals surface area contributed by atoms with E-state index < -0.39 is 0 Å². The zero-order chi connectivity index (χ0) is 15.8. The molecule has 1 aliphatic heterocycles. The highest BCUT2D eigenvalue weighted by Gasteiger charge is 2.35. The monoisotopic (exact) mass is 326 g/mol. The zero-order valence-electron chi connectivity index (χ0n) is 12.7. The molecule has 4 rings (SSSR count). The van der Waals surface area contributed by atoms with Gasteiger partial charge in [-0.1, -0.05) is 0 Å². The molecule has 0 unspecified atom stereocenters. The molecule has 1 fully saturated rings. The Morgan fingerprint density at radius 2 is 2.09 bits per heavy atom. The van der Waals surface area contributed by atoms with E-state index >= 15 is 0 Å². The van der Waals surface area contributed by atoms with Gasteiger partial charge in [0, 0.05) is 29.2 Å². The first-order valence-corrected chi connectivity index (χ1v) is 8.94. The van der Waals surface area contributed by atoms with Crippen molar-refractivity contribution in [2.45, 2.75) is 25.7 Å². The molecule has 2 heterocycles. The molecule has 2 aliphatic rings. The van der Waals surface area contributed by atoms with Crippen LogP contribution < -0.4 is 10.2 Å². The Bertz CT molecular complexity index is 750. The third kappa shape index (κ3) is 2.88. The van der Waals surface area contributed by atoms with E-state index in [1.807, 2.05) is 39.9 Å². The number of anilines is 2. The molecule has 5 heteroatoms. The molecule has 1 N–H and O–H groups in total. The summed E-state index contributed by atoms with van der Waals surface area (Å²) in [4.78, 5) is 26.5. The van der Waals surface area contributed by atoms with Crippen molar-refractivity contribution in [3.05, 3.63) is 46.2 Å². The standard InChI is InChI=1S/C18H18N2O2S/c21-17(14-7-9-23-11-14)19-15-5-6-16-13(10-15)2-1-8-20(16)18(22)12-3-4-12/h5-7,9-12H,1-4,8H2,(H,19,21). The average molecular weight is 326 g/mol. The fourth-order valence-corrected chi connectivity index (χ4v) is 3.69. The first-order chi connectivity index (χ1) is 11.2. The van der Waals surface area contributed by atoms with Crippen molar-refractivity contribution in [3.63, 3.8) is 0 Å². The van der Waals surface area contributed by atoms with Crippen LogP contribution in [0.25, 0.3) is 0 Å². The molecule has 0 radical (unpaired) electrons. The number of nitrogens with zero attached hydrogens (tertiary/aromatic N) is 1. The molecular formula is C18H18N2O2S. The Kier molecular flexibility index (Phi) is 3.65. The predicted molar refractivity (Wildman–Crippen MR) is 92.1 cm³/mol. The summed E-state index contributed by atoms with van der Waals surface area (Å²) < 4.78 is 0. The van der Waals surface area contributed by atoms with Crippen molar-refractivity contribution < 1.29 is 9.59 Å². The number of carbonyl (C=O) groups excluding carboxylic acids is 2. The van der Waals surface area contributed by atoms with Crippen LogP contribution in [-0.2, 0) is 11.2 Å². The molecule has 1 aliphatic carbocycles. The molecule has 2 amide bonds. The molecule has 0 atom stereocenters. The van der Waals surface area contributed by atoms with Crippen molar-refractivity contribution in [2.24, 2.45) is 5.92 Å². The molecule has 1 aromatic carbocycles. The number of nitrogens with one attached hydrogen (secondary N) is 1. The Balaban J connectivity index is 1.55. The Morgan fingerprint density at radius 1 is 1.22 bits per heavy atom. The van der Waals surface area contributed by atoms with Crippen molar-refractivity contribution in [3.8, 4) is 0 Å². The fraction of sp³-hybridized carbons (Fsp3) is 0.333. The molecule has 4 nitrogen and oxygen atoms in total. The van der Waals surface area contributed by atoms with Crippen LogP contribution in [0.5, 0.6) is 0 Å². The summed E-state index contributed by atoms with van der Waals surface area (Å²) in [7, 11) is 0. The van der Waals surface area contributed by atoms with E-state index in [4.69, 9.17) is 0 Å². The Morgan fingerprint density at radius 3 is 2.83 bits per heavy atom. The number of rotatable bonds is 3. The Hall–Kier alpha value is -2.14. The molecule has 118 valence electrons. The molecule has 1 saturated carbocycles. The average Bonchev–Trinajstić information content (AvgIpc) is 3.27. The van der Waals surface area contributed by atoms with Crippen LogP contribution >= 0.6 is 11.3 Å². The summed E-state index contributed by atoms with van der Waals surface area (Å²) in [6.07, 6.45) is 3.98. The summed E-state index contributed by atoms with van der Waals surface area (Å²) in [5, 5.41) is 6.67. The van der Waals surface area contributed by atoms with E-state index in [-0.39, 0.29) is 17.7 Å². The Labute approximate surface area is 139 Å². The van der Waals surface area contributed by atoms with E-state index in [1.54, 1.807) is 0 Å². The lowest BCUT2D eigenvalue weighted by Gasteiger charge is -2.30. The van der Waals surface area contributed by atoms with E-state index in [2.05, 4.69) is 5.32 Å². The van der Waals surface area contributed by atoms with Crippen LogP contribution in [0.4, 0.5) is 11.4 Å². The van der Waals surface area contributed by atoms with Crippen LogP contribution in [0.1, 0.15) is 35.2 Å². The van der Waals surface area contributed by atoms with Gasteiger partial charge in [0.25, 0.3) is 5.91 Å². The zero-order valence-corrected chi connectivity index (χ0v) is 13.6. The fourth-order valence-electron chi connectivity index (χ4n) is 3.05. The summed E-state index contributed by atoms with van der Waals surface area (Å²) in [6.45, 7) is 0.808. The van der Waals surface area contributed by atoms with Gasteiger partial charge in [-0.25, -0.2) is 0 Å². The molecule has 0 bridgehead atoms. The molecule has 0 spiro atoms. The minimum atomic E-state index is -0.0899. The van der Waals surface area contributed by atoms with Gasteiger partial charge >= 0.3 is 0 Å². The highest BCUT2D eigenvalue weighted by molar-refractivity contribution is 7.08. The van der Waals surface area contributed by atoms with Gasteiger partial charge in [0.15, 0.2) is 0 Å². The van der Waals surface area contributed by atoms with Crippen molar-refractivity contribution in [2.75, 3.05) is 16.8 Å². The summed E-state index contributed by atoms with van der Waals surface area (Å²) in [6, 6.07) is 7.68. The highest BCUT2D eigenvalue weighted by Crippen LogP contribution is 2.36.